The molecule has 23 heavy (non-hydrogen) atoms. The van der Waals surface area contributed by atoms with Crippen molar-refractivity contribution in [2.24, 2.45) is 0 Å². The molecule has 0 heterocycles. The van der Waals surface area contributed by atoms with Gasteiger partial charge in [0.1, 0.15) is 5.75 Å². The molecule has 2 aromatic rings. The molecule has 2 rings (SSSR count). The van der Waals surface area contributed by atoms with E-state index in [9.17, 15) is 9.90 Å². The van der Waals surface area contributed by atoms with Gasteiger partial charge in [-0.15, -0.1) is 0 Å². The first-order valence-corrected chi connectivity index (χ1v) is 8.20. The number of aromatic hydroxyl groups is 1. The van der Waals surface area contributed by atoms with Gasteiger partial charge >= 0.3 is 5.97 Å². The Hall–Kier alpha value is -2.29. The molecule has 3 nitrogen and oxygen atoms in total. The van der Waals surface area contributed by atoms with Gasteiger partial charge in [-0.25, -0.2) is 0 Å². The highest BCUT2D eigenvalue weighted by Gasteiger charge is 2.08. The molecule has 0 bridgehead atoms. The first-order chi connectivity index (χ1) is 11.1. The van der Waals surface area contributed by atoms with Crippen LogP contribution in [0, 0.1) is 0 Å². The number of carbonyl (C=O) groups is 1. The third-order valence-corrected chi connectivity index (χ3v) is 3.76. The van der Waals surface area contributed by atoms with Gasteiger partial charge in [0.15, 0.2) is 0 Å². The molecule has 3 heteroatoms. The number of rotatable bonds is 7. The summed E-state index contributed by atoms with van der Waals surface area (Å²) >= 11 is 0. The first kappa shape index (κ1) is 17.1. The molecule has 0 radical (unpaired) electrons. The zero-order valence-corrected chi connectivity index (χ0v) is 13.8. The lowest BCUT2D eigenvalue weighted by Gasteiger charge is -2.10. The lowest BCUT2D eigenvalue weighted by atomic mass is 9.97. The highest BCUT2D eigenvalue weighted by atomic mass is 16.5. The summed E-state index contributed by atoms with van der Waals surface area (Å²) in [7, 11) is 0. The predicted molar refractivity (Wildman–Crippen MR) is 92.5 cm³/mol. The van der Waals surface area contributed by atoms with Crippen LogP contribution in [0.3, 0.4) is 0 Å². The van der Waals surface area contributed by atoms with Crippen molar-refractivity contribution in [2.75, 3.05) is 6.61 Å². The maximum absolute atomic E-state index is 11.5. The summed E-state index contributed by atoms with van der Waals surface area (Å²) in [6.07, 6.45) is 3.08. The Morgan fingerprint density at radius 3 is 2.57 bits per heavy atom. The number of phenolic OH excluding ortho intramolecular Hbond substituents is 1. The van der Waals surface area contributed by atoms with Gasteiger partial charge in [0.2, 0.25) is 0 Å². The second-order valence-electron chi connectivity index (χ2n) is 5.61. The van der Waals surface area contributed by atoms with Gasteiger partial charge in [0.25, 0.3) is 0 Å². The lowest BCUT2D eigenvalue weighted by molar-refractivity contribution is -0.143. The second kappa shape index (κ2) is 8.37. The largest absolute Gasteiger partial charge is 0.507 e. The van der Waals surface area contributed by atoms with Crippen molar-refractivity contribution in [3.05, 3.63) is 53.6 Å². The molecule has 0 saturated heterocycles. The van der Waals surface area contributed by atoms with E-state index in [0.717, 1.165) is 29.5 Å². The summed E-state index contributed by atoms with van der Waals surface area (Å²) < 4.78 is 4.96. The van der Waals surface area contributed by atoms with Gasteiger partial charge in [-0.05, 0) is 48.6 Å². The molecule has 2 aromatic carbocycles. The highest BCUT2D eigenvalue weighted by molar-refractivity contribution is 5.72. The Labute approximate surface area is 137 Å². The van der Waals surface area contributed by atoms with Crippen molar-refractivity contribution < 1.29 is 14.6 Å². The predicted octanol–water partition coefficient (Wildman–Crippen LogP) is 4.51. The number of hydrogen-bond donors (Lipinski definition) is 1. The molecule has 122 valence electrons. The van der Waals surface area contributed by atoms with Crippen molar-refractivity contribution in [3.63, 3.8) is 0 Å². The lowest BCUT2D eigenvalue weighted by Crippen LogP contribution is -2.05. The Kier molecular flexibility index (Phi) is 6.21. The minimum absolute atomic E-state index is 0.188. The maximum Gasteiger partial charge on any atom is 0.306 e. The number of benzene rings is 2. The molecule has 1 N–H and O–H groups in total. The zero-order chi connectivity index (χ0) is 16.7. The molecule has 0 atom stereocenters. The van der Waals surface area contributed by atoms with E-state index in [1.165, 1.54) is 5.56 Å². The summed E-state index contributed by atoms with van der Waals surface area (Å²) in [6, 6.07) is 13.8. The third kappa shape index (κ3) is 4.85. The van der Waals surface area contributed by atoms with Gasteiger partial charge in [-0.3, -0.25) is 4.79 Å². The maximum atomic E-state index is 11.5. The Balaban J connectivity index is 2.20. The van der Waals surface area contributed by atoms with Crippen LogP contribution >= 0.6 is 0 Å². The van der Waals surface area contributed by atoms with Crippen molar-refractivity contribution in [1.29, 1.82) is 0 Å². The molecule has 0 amide bonds. The van der Waals surface area contributed by atoms with Gasteiger partial charge in [0.05, 0.1) is 6.61 Å². The SMILES string of the molecule is CCCc1cccc(-c2cc(CCC(=O)OCC)ccc2O)c1. The normalized spacial score (nSPS) is 10.5. The molecule has 0 aliphatic rings. The van der Waals surface area contributed by atoms with E-state index in [4.69, 9.17) is 4.74 Å². The quantitative estimate of drug-likeness (QED) is 0.765. The van der Waals surface area contributed by atoms with Gasteiger partial charge in [-0.2, -0.15) is 0 Å². The molecule has 0 aromatic heterocycles. The monoisotopic (exact) mass is 312 g/mol. The molecule has 0 aliphatic heterocycles. The molecular weight excluding hydrogens is 288 g/mol. The minimum Gasteiger partial charge on any atom is -0.507 e. The summed E-state index contributed by atoms with van der Waals surface area (Å²) in [5, 5.41) is 10.2. The van der Waals surface area contributed by atoms with Crippen molar-refractivity contribution in [3.8, 4) is 16.9 Å². The van der Waals surface area contributed by atoms with Crippen LogP contribution in [-0.2, 0) is 22.4 Å². The van der Waals surface area contributed by atoms with Gasteiger partial charge < -0.3 is 9.84 Å². The average Bonchev–Trinajstić information content (AvgIpc) is 2.55. The minimum atomic E-state index is -0.188. The van der Waals surface area contributed by atoms with Crippen molar-refractivity contribution in [1.82, 2.24) is 0 Å². The van der Waals surface area contributed by atoms with E-state index < -0.39 is 0 Å². The summed E-state index contributed by atoms with van der Waals surface area (Å²) in [6.45, 7) is 4.36. The average molecular weight is 312 g/mol. The van der Waals surface area contributed by atoms with Crippen LogP contribution in [-0.4, -0.2) is 17.7 Å². The molecule has 0 unspecified atom stereocenters. The molecule has 0 fully saturated rings. The number of hydrogen-bond acceptors (Lipinski definition) is 3. The number of carbonyl (C=O) groups excluding carboxylic acids is 1. The van der Waals surface area contributed by atoms with Crippen LogP contribution in [0.25, 0.3) is 11.1 Å². The summed E-state index contributed by atoms with van der Waals surface area (Å²) in [5.41, 5.74) is 4.10. The van der Waals surface area contributed by atoms with Gasteiger partial charge in [0, 0.05) is 12.0 Å². The zero-order valence-electron chi connectivity index (χ0n) is 13.8. The van der Waals surface area contributed by atoms with E-state index in [2.05, 4.69) is 19.1 Å². The van der Waals surface area contributed by atoms with Crippen molar-refractivity contribution >= 4 is 5.97 Å². The first-order valence-electron chi connectivity index (χ1n) is 8.20. The second-order valence-corrected chi connectivity index (χ2v) is 5.61. The molecule has 0 saturated carbocycles. The van der Waals surface area contributed by atoms with E-state index in [1.54, 1.807) is 13.0 Å². The van der Waals surface area contributed by atoms with Gasteiger partial charge in [-0.1, -0.05) is 43.7 Å². The van der Waals surface area contributed by atoms with Crippen LogP contribution in [0.4, 0.5) is 0 Å². The Bertz CT molecular complexity index is 662. The van der Waals surface area contributed by atoms with Crippen LogP contribution < -0.4 is 0 Å². The number of aryl methyl sites for hydroxylation is 2. The Morgan fingerprint density at radius 2 is 1.83 bits per heavy atom. The Morgan fingerprint density at radius 1 is 1.04 bits per heavy atom. The van der Waals surface area contributed by atoms with E-state index in [1.807, 2.05) is 24.3 Å². The fourth-order valence-corrected chi connectivity index (χ4v) is 2.63. The molecule has 0 spiro atoms. The topological polar surface area (TPSA) is 46.5 Å². The summed E-state index contributed by atoms with van der Waals surface area (Å²) in [4.78, 5) is 11.5. The fraction of sp³-hybridized carbons (Fsp3) is 0.350. The fourth-order valence-electron chi connectivity index (χ4n) is 2.63. The van der Waals surface area contributed by atoms with E-state index in [-0.39, 0.29) is 11.7 Å². The van der Waals surface area contributed by atoms with E-state index in [0.29, 0.717) is 19.4 Å². The highest BCUT2D eigenvalue weighted by Crippen LogP contribution is 2.31. The van der Waals surface area contributed by atoms with Crippen LogP contribution in [0.15, 0.2) is 42.5 Å². The van der Waals surface area contributed by atoms with Crippen LogP contribution in [0.5, 0.6) is 5.75 Å². The number of esters is 1. The van der Waals surface area contributed by atoms with Crippen LogP contribution in [0.2, 0.25) is 0 Å². The molecular formula is C20H24O3. The number of ether oxygens (including phenoxy) is 1. The van der Waals surface area contributed by atoms with E-state index >= 15 is 0 Å². The third-order valence-electron chi connectivity index (χ3n) is 3.76. The summed E-state index contributed by atoms with van der Waals surface area (Å²) in [5.74, 6) is 0.0746. The number of phenols is 1. The molecule has 0 aliphatic carbocycles. The smallest absolute Gasteiger partial charge is 0.306 e. The van der Waals surface area contributed by atoms with Crippen LogP contribution in [0.1, 0.15) is 37.8 Å². The standard InChI is InChI=1S/C20H24O3/c1-3-6-15-7-5-8-17(13-15)18-14-16(9-11-19(18)21)10-12-20(22)23-4-2/h5,7-9,11,13-14,21H,3-4,6,10,12H2,1-2H3. The van der Waals surface area contributed by atoms with Crippen molar-refractivity contribution in [2.45, 2.75) is 39.5 Å².